The minimum Gasteiger partial charge on any atom is -0.675 e. The number of allylic oxidation sites excluding steroid dienone is 2. The SMILES string of the molecule is C=C/C=C\c1c(C)c(C)c2cccnc2c1C.CCC.O.O=C(O)CCCC[C@@H]1SC[C@@H]2NC(=O)N[C@@H]21.[CH3-].[CH3-].[NH-]C1CCCCC1.[Pt]. The van der Waals surface area contributed by atoms with Gasteiger partial charge in [0.2, 0.25) is 0 Å². The molecule has 1 saturated carbocycles. The summed E-state index contributed by atoms with van der Waals surface area (Å²) in [5.41, 5.74) is 13.5. The number of carbonyl (C=O) groups is 2. The van der Waals surface area contributed by atoms with Crippen LogP contribution in [0.5, 0.6) is 0 Å². The van der Waals surface area contributed by atoms with Crippen molar-refractivity contribution in [1.29, 1.82) is 0 Å². The molecule has 0 radical (unpaired) electrons. The van der Waals surface area contributed by atoms with Gasteiger partial charge in [0.25, 0.3) is 0 Å². The van der Waals surface area contributed by atoms with E-state index in [9.17, 15) is 9.59 Å². The molecule has 1 aromatic heterocycles. The van der Waals surface area contributed by atoms with E-state index in [0.717, 1.165) is 43.4 Å². The predicted molar refractivity (Wildman–Crippen MR) is 200 cm³/mol. The van der Waals surface area contributed by atoms with Gasteiger partial charge in [0.05, 0.1) is 17.6 Å². The molecule has 2 aliphatic heterocycles. The molecule has 5 rings (SSSR count). The van der Waals surface area contributed by atoms with Crippen molar-refractivity contribution in [2.75, 3.05) is 5.75 Å². The van der Waals surface area contributed by atoms with Gasteiger partial charge in [0.15, 0.2) is 0 Å². The third-order valence-corrected chi connectivity index (χ3v) is 9.52. The van der Waals surface area contributed by atoms with Gasteiger partial charge < -0.3 is 41.8 Å². The van der Waals surface area contributed by atoms with Gasteiger partial charge in [-0.1, -0.05) is 89.7 Å². The van der Waals surface area contributed by atoms with Crippen molar-refractivity contribution in [3.8, 4) is 0 Å². The molecule has 8 nitrogen and oxygen atoms in total. The number of hydrogen-bond donors (Lipinski definition) is 3. The van der Waals surface area contributed by atoms with Crippen LogP contribution in [0.25, 0.3) is 22.7 Å². The number of benzene rings is 1. The number of thioether (sulfide) groups is 1. The van der Waals surface area contributed by atoms with Crippen LogP contribution in [-0.4, -0.2) is 56.7 Å². The molecule has 0 unspecified atom stereocenters. The first-order chi connectivity index (χ1) is 20.6. The van der Waals surface area contributed by atoms with Crippen molar-refractivity contribution in [3.05, 3.63) is 79.9 Å². The second-order valence-corrected chi connectivity index (χ2v) is 12.9. The van der Waals surface area contributed by atoms with Crippen molar-refractivity contribution in [3.63, 3.8) is 0 Å². The second-order valence-electron chi connectivity index (χ2n) is 11.6. The third kappa shape index (κ3) is 16.2. The zero-order chi connectivity index (χ0) is 31.8. The molecule has 1 aromatic carbocycles. The number of carboxylic acid groups (broad SMARTS) is 1. The molecule has 0 bridgehead atoms. The molecule has 6 N–H and O–H groups in total. The Kier molecular flexibility index (Phi) is 28.0. The largest absolute Gasteiger partial charge is 0.675 e. The van der Waals surface area contributed by atoms with Gasteiger partial charge in [0.1, 0.15) is 0 Å². The van der Waals surface area contributed by atoms with Crippen molar-refractivity contribution < 1.29 is 41.2 Å². The van der Waals surface area contributed by atoms with E-state index in [1.807, 2.05) is 30.1 Å². The average molecular weight is 853 g/mol. The maximum Gasteiger partial charge on any atom is 0.315 e. The molecule has 2 aromatic rings. The number of nitrogens with zero attached hydrogens (tertiary/aromatic N) is 1. The second kappa shape index (κ2) is 26.7. The van der Waals surface area contributed by atoms with E-state index in [4.69, 9.17) is 10.8 Å². The first-order valence-electron chi connectivity index (χ1n) is 15.9. The summed E-state index contributed by atoms with van der Waals surface area (Å²) < 4.78 is 0. The first-order valence-corrected chi connectivity index (χ1v) is 16.9. The summed E-state index contributed by atoms with van der Waals surface area (Å²) >= 11 is 1.87. The van der Waals surface area contributed by atoms with E-state index >= 15 is 0 Å². The number of unbranched alkanes of at least 4 members (excludes halogenated alkanes) is 1. The molecule has 2 saturated heterocycles. The number of fused-ring (bicyclic) bond motifs is 2. The number of urea groups is 1. The van der Waals surface area contributed by atoms with Crippen LogP contribution in [0.4, 0.5) is 4.79 Å². The normalized spacial score (nSPS) is 19.1. The maximum absolute atomic E-state index is 11.1. The van der Waals surface area contributed by atoms with Crippen molar-refractivity contribution >= 4 is 40.7 Å². The van der Waals surface area contributed by atoms with Crippen LogP contribution in [0.1, 0.15) is 100 Å². The summed E-state index contributed by atoms with van der Waals surface area (Å²) in [5.74, 6) is 0.236. The van der Waals surface area contributed by atoms with Crippen LogP contribution in [0.3, 0.4) is 0 Å². The topological polar surface area (TPSA) is 147 Å². The van der Waals surface area contributed by atoms with Crippen LogP contribution >= 0.6 is 11.8 Å². The number of aromatic nitrogens is 1. The Morgan fingerprint density at radius 3 is 2.28 bits per heavy atom. The monoisotopic (exact) mass is 852 g/mol. The van der Waals surface area contributed by atoms with Gasteiger partial charge in [-0.3, -0.25) is 9.78 Å². The smallest absolute Gasteiger partial charge is 0.315 e. The van der Waals surface area contributed by atoms with Crippen LogP contribution in [0.15, 0.2) is 37.1 Å². The van der Waals surface area contributed by atoms with E-state index in [1.54, 1.807) is 6.08 Å². The molecular formula is C37H61N4O4PtS-3. The Balaban J connectivity index is -0.000000602. The van der Waals surface area contributed by atoms with E-state index in [2.05, 4.69) is 69.0 Å². The van der Waals surface area contributed by atoms with Crippen molar-refractivity contribution in [2.24, 2.45) is 0 Å². The van der Waals surface area contributed by atoms with Crippen molar-refractivity contribution in [1.82, 2.24) is 15.6 Å². The number of pyridine rings is 1. The minimum atomic E-state index is -0.729. The van der Waals surface area contributed by atoms with E-state index in [-0.39, 0.29) is 72.0 Å². The van der Waals surface area contributed by atoms with E-state index in [1.165, 1.54) is 53.3 Å². The molecule has 272 valence electrons. The van der Waals surface area contributed by atoms with Crippen LogP contribution in [0, 0.1) is 35.6 Å². The van der Waals surface area contributed by atoms with Gasteiger partial charge in [-0.05, 0) is 61.9 Å². The minimum absolute atomic E-state index is 0. The van der Waals surface area contributed by atoms with Crippen LogP contribution in [-0.2, 0) is 25.9 Å². The number of nitrogens with one attached hydrogen (secondary N) is 3. The standard InChI is InChI=1S/C16H17N.C10H16N2O3S.C6H12N.C3H8.2CH3.H2O.Pt/c1-5-6-8-14-11(2)12(3)15-9-7-10-17-16(15)13(14)4;13-8(14)4-2-1-3-7-9-6(5-16-7)11-10(15)12-9;7-6-4-2-1-3-5-6;1-3-2;;;;/h5-10H,1H2,2-4H3;6-7,9H,1-5H2,(H,13,14)(H2,11,12,15);6-7H,1-5H2;3H2,1-2H3;2*1H3;1H2;/q;;-1;;2*-1;;/b8-6-;;;;;;;/t;6-,7-,9-;;;;;;/m.0....../s1. The molecule has 0 spiro atoms. The Hall–Kier alpha value is -2.19. The Morgan fingerprint density at radius 2 is 1.72 bits per heavy atom. The van der Waals surface area contributed by atoms with Gasteiger partial charge in [-0.25, -0.2) is 4.79 Å². The number of aliphatic carboxylic acids is 1. The fourth-order valence-corrected chi connectivity index (χ4v) is 7.14. The van der Waals surface area contributed by atoms with Crippen LogP contribution in [0.2, 0.25) is 0 Å². The summed E-state index contributed by atoms with van der Waals surface area (Å²) in [7, 11) is 0. The molecular weight excluding hydrogens is 792 g/mol. The van der Waals surface area contributed by atoms with Crippen LogP contribution < -0.4 is 10.6 Å². The molecule has 3 heterocycles. The van der Waals surface area contributed by atoms with E-state index in [0.29, 0.717) is 5.25 Å². The number of rotatable bonds is 7. The summed E-state index contributed by atoms with van der Waals surface area (Å²) in [6, 6.07) is 4.86. The first kappa shape index (κ1) is 49.2. The Morgan fingerprint density at radius 1 is 1.09 bits per heavy atom. The number of carboxylic acids is 1. The fraction of sp³-hybridized carbons (Fsp3) is 0.541. The van der Waals surface area contributed by atoms with E-state index < -0.39 is 5.97 Å². The summed E-state index contributed by atoms with van der Waals surface area (Å²) in [5, 5.41) is 16.0. The zero-order valence-electron chi connectivity index (χ0n) is 29.7. The number of amides is 2. The van der Waals surface area contributed by atoms with Gasteiger partial charge in [-0.15, -0.1) is 6.04 Å². The Labute approximate surface area is 304 Å². The molecule has 3 fully saturated rings. The summed E-state index contributed by atoms with van der Waals surface area (Å²) in [6.07, 6.45) is 18.1. The number of aryl methyl sites for hydroxylation is 2. The average Bonchev–Trinajstić information content (AvgIpc) is 3.55. The summed E-state index contributed by atoms with van der Waals surface area (Å²) in [4.78, 5) is 26.0. The fourth-order valence-electron chi connectivity index (χ4n) is 5.60. The summed E-state index contributed by atoms with van der Waals surface area (Å²) in [6.45, 7) is 14.4. The molecule has 2 amide bonds. The number of hydrogen-bond acceptors (Lipinski definition) is 4. The molecule has 10 heteroatoms. The molecule has 47 heavy (non-hydrogen) atoms. The maximum atomic E-state index is 11.1. The third-order valence-electron chi connectivity index (χ3n) is 8.01. The molecule has 3 atom stereocenters. The zero-order valence-corrected chi connectivity index (χ0v) is 32.8. The van der Waals surface area contributed by atoms with Gasteiger partial charge in [-0.2, -0.15) is 11.8 Å². The predicted octanol–water partition coefficient (Wildman–Crippen LogP) is 9.02. The van der Waals surface area contributed by atoms with Crippen molar-refractivity contribution in [2.45, 2.75) is 122 Å². The molecule has 1 aliphatic carbocycles. The Bertz CT molecular complexity index is 1220. The van der Waals surface area contributed by atoms with Gasteiger partial charge in [0, 0.05) is 50.1 Å². The number of carbonyl (C=O) groups excluding carboxylic acids is 1. The van der Waals surface area contributed by atoms with Gasteiger partial charge >= 0.3 is 12.0 Å². The quantitative estimate of drug-likeness (QED) is 0.110. The molecule has 3 aliphatic rings.